The zero-order valence-corrected chi connectivity index (χ0v) is 12.0. The molecule has 0 radical (unpaired) electrons. The Morgan fingerprint density at radius 2 is 2.05 bits per heavy atom. The summed E-state index contributed by atoms with van der Waals surface area (Å²) >= 11 is 0. The Morgan fingerprint density at radius 3 is 2.68 bits per heavy atom. The van der Waals surface area contributed by atoms with E-state index in [1.807, 2.05) is 0 Å². The van der Waals surface area contributed by atoms with E-state index in [1.54, 1.807) is 0 Å². The van der Waals surface area contributed by atoms with Crippen LogP contribution in [0.4, 0.5) is 0 Å². The molecule has 2 aliphatic rings. The van der Waals surface area contributed by atoms with Crippen LogP contribution in [0.1, 0.15) is 58.8 Å². The summed E-state index contributed by atoms with van der Waals surface area (Å²) in [7, 11) is 0. The predicted molar refractivity (Wildman–Crippen MR) is 72.5 cm³/mol. The first kappa shape index (κ1) is 14.4. The van der Waals surface area contributed by atoms with Gasteiger partial charge in [0.25, 0.3) is 0 Å². The molecule has 0 aromatic carbocycles. The number of hydrogen-bond donors (Lipinski definition) is 1. The molecule has 1 spiro atoms. The molecule has 0 aromatic rings. The summed E-state index contributed by atoms with van der Waals surface area (Å²) in [5.74, 6) is 0.108. The van der Waals surface area contributed by atoms with Gasteiger partial charge in [0.15, 0.2) is 0 Å². The molecule has 19 heavy (non-hydrogen) atoms. The number of nitrogens with one attached hydrogen (secondary N) is 1. The summed E-state index contributed by atoms with van der Waals surface area (Å²) in [5, 5.41) is 2.98. The minimum atomic E-state index is -0.489. The second kappa shape index (κ2) is 5.93. The Labute approximate surface area is 115 Å². The van der Waals surface area contributed by atoms with Crippen molar-refractivity contribution in [2.75, 3.05) is 6.54 Å². The van der Waals surface area contributed by atoms with E-state index in [2.05, 4.69) is 19.2 Å². The molecule has 2 fully saturated rings. The summed E-state index contributed by atoms with van der Waals surface area (Å²) < 4.78 is 5.55. The molecule has 1 aliphatic heterocycles. The number of ether oxygens (including phenoxy) is 1. The van der Waals surface area contributed by atoms with Gasteiger partial charge in [-0.15, -0.1) is 0 Å². The summed E-state index contributed by atoms with van der Waals surface area (Å²) in [4.78, 5) is 23.9. The van der Waals surface area contributed by atoms with Crippen LogP contribution in [0.25, 0.3) is 0 Å². The van der Waals surface area contributed by atoms with E-state index in [-0.39, 0.29) is 24.2 Å². The Balaban J connectivity index is 1.96. The third-order valence-corrected chi connectivity index (χ3v) is 4.36. The lowest BCUT2D eigenvalue weighted by molar-refractivity contribution is -0.153. The highest BCUT2D eigenvalue weighted by Crippen LogP contribution is 2.44. The van der Waals surface area contributed by atoms with Crippen molar-refractivity contribution in [2.45, 2.75) is 64.4 Å². The second-order valence-corrected chi connectivity index (χ2v) is 6.33. The van der Waals surface area contributed by atoms with Crippen molar-refractivity contribution in [1.82, 2.24) is 5.32 Å². The molecule has 1 amide bonds. The maximum Gasteiger partial charge on any atom is 0.307 e. The lowest BCUT2D eigenvalue weighted by Gasteiger charge is -2.36. The van der Waals surface area contributed by atoms with Gasteiger partial charge in [-0.3, -0.25) is 9.59 Å². The largest absolute Gasteiger partial charge is 0.458 e. The van der Waals surface area contributed by atoms with Crippen LogP contribution in [0.3, 0.4) is 0 Å². The molecular weight excluding hydrogens is 242 g/mol. The highest BCUT2D eigenvalue weighted by atomic mass is 16.6. The van der Waals surface area contributed by atoms with Crippen LogP contribution in [-0.4, -0.2) is 24.0 Å². The van der Waals surface area contributed by atoms with Crippen LogP contribution in [0.5, 0.6) is 0 Å². The smallest absolute Gasteiger partial charge is 0.307 e. The molecule has 1 N–H and O–H groups in total. The highest BCUT2D eigenvalue weighted by Gasteiger charge is 2.52. The van der Waals surface area contributed by atoms with Crippen molar-refractivity contribution in [1.29, 1.82) is 0 Å². The Kier molecular flexibility index (Phi) is 4.48. The van der Waals surface area contributed by atoms with Gasteiger partial charge in [0.05, 0.1) is 12.3 Å². The molecule has 1 saturated carbocycles. The average Bonchev–Trinajstić information content (AvgIpc) is 2.66. The van der Waals surface area contributed by atoms with Crippen LogP contribution in [0.15, 0.2) is 0 Å². The maximum absolute atomic E-state index is 12.3. The summed E-state index contributed by atoms with van der Waals surface area (Å²) in [6.07, 6.45) is 6.23. The van der Waals surface area contributed by atoms with Crippen molar-refractivity contribution < 1.29 is 14.3 Å². The van der Waals surface area contributed by atoms with Crippen LogP contribution < -0.4 is 5.32 Å². The van der Waals surface area contributed by atoms with Crippen molar-refractivity contribution in [2.24, 2.45) is 11.8 Å². The van der Waals surface area contributed by atoms with Crippen molar-refractivity contribution in [3.8, 4) is 0 Å². The first-order chi connectivity index (χ1) is 9.03. The fourth-order valence-electron chi connectivity index (χ4n) is 3.23. The molecule has 1 atom stereocenters. The number of amides is 1. The fraction of sp³-hybridized carbons (Fsp3) is 0.867. The second-order valence-electron chi connectivity index (χ2n) is 6.33. The molecule has 4 heteroatoms. The van der Waals surface area contributed by atoms with Gasteiger partial charge in [-0.1, -0.05) is 20.3 Å². The normalized spacial score (nSPS) is 25.6. The Hall–Kier alpha value is -1.06. The summed E-state index contributed by atoms with van der Waals surface area (Å²) in [6, 6.07) is 0. The van der Waals surface area contributed by atoms with Gasteiger partial charge in [-0.25, -0.2) is 0 Å². The lowest BCUT2D eigenvalue weighted by atomic mass is 9.75. The number of hydrogen-bond acceptors (Lipinski definition) is 3. The number of esters is 1. The molecule has 2 rings (SSSR count). The monoisotopic (exact) mass is 267 g/mol. The van der Waals surface area contributed by atoms with E-state index in [9.17, 15) is 9.59 Å². The molecule has 1 heterocycles. The van der Waals surface area contributed by atoms with Gasteiger partial charge in [0.2, 0.25) is 5.91 Å². The first-order valence-corrected chi connectivity index (χ1v) is 7.53. The maximum atomic E-state index is 12.3. The summed E-state index contributed by atoms with van der Waals surface area (Å²) in [5.41, 5.74) is -0.489. The van der Waals surface area contributed by atoms with Gasteiger partial charge in [0, 0.05) is 6.54 Å². The van der Waals surface area contributed by atoms with Crippen molar-refractivity contribution >= 4 is 11.9 Å². The summed E-state index contributed by atoms with van der Waals surface area (Å²) in [6.45, 7) is 4.96. The van der Waals surface area contributed by atoms with Crippen LogP contribution in [-0.2, 0) is 14.3 Å². The quantitative estimate of drug-likeness (QED) is 0.796. The molecule has 0 bridgehead atoms. The van der Waals surface area contributed by atoms with E-state index < -0.39 is 5.60 Å². The van der Waals surface area contributed by atoms with Gasteiger partial charge < -0.3 is 10.1 Å². The molecular formula is C15H25NO3. The standard InChI is InChI=1S/C15H25NO3/c1-11(2)6-9-16-14(18)12-10-13(17)19-15(12)7-4-3-5-8-15/h11-12H,3-10H2,1-2H3,(H,16,18)/t12-/m0/s1. The number of rotatable bonds is 4. The predicted octanol–water partition coefficient (Wildman–Crippen LogP) is 2.41. The Bertz CT molecular complexity index is 345. The highest BCUT2D eigenvalue weighted by molar-refractivity contribution is 5.87. The van der Waals surface area contributed by atoms with Crippen LogP contribution >= 0.6 is 0 Å². The van der Waals surface area contributed by atoms with Crippen LogP contribution in [0.2, 0.25) is 0 Å². The van der Waals surface area contributed by atoms with Crippen LogP contribution in [0, 0.1) is 11.8 Å². The van der Waals surface area contributed by atoms with E-state index >= 15 is 0 Å². The third kappa shape index (κ3) is 3.28. The lowest BCUT2D eigenvalue weighted by Crippen LogP contribution is -2.46. The van der Waals surface area contributed by atoms with Crippen molar-refractivity contribution in [3.05, 3.63) is 0 Å². The van der Waals surface area contributed by atoms with E-state index in [1.165, 1.54) is 6.42 Å². The van der Waals surface area contributed by atoms with E-state index in [4.69, 9.17) is 4.74 Å². The first-order valence-electron chi connectivity index (χ1n) is 7.53. The van der Waals surface area contributed by atoms with Gasteiger partial charge in [-0.2, -0.15) is 0 Å². The zero-order valence-electron chi connectivity index (χ0n) is 12.0. The molecule has 0 unspecified atom stereocenters. The fourth-order valence-corrected chi connectivity index (χ4v) is 3.23. The molecule has 1 aliphatic carbocycles. The van der Waals surface area contributed by atoms with E-state index in [0.717, 1.165) is 32.1 Å². The van der Waals surface area contributed by atoms with Gasteiger partial charge >= 0.3 is 5.97 Å². The molecule has 4 nitrogen and oxygen atoms in total. The van der Waals surface area contributed by atoms with E-state index in [0.29, 0.717) is 12.5 Å². The minimum absolute atomic E-state index is 0.00778. The SMILES string of the molecule is CC(C)CCNC(=O)[C@@H]1CC(=O)OC12CCCCC2. The number of carbonyl (C=O) groups excluding carboxylic acids is 2. The Morgan fingerprint density at radius 1 is 1.37 bits per heavy atom. The van der Waals surface area contributed by atoms with Gasteiger partial charge in [0.1, 0.15) is 5.60 Å². The topological polar surface area (TPSA) is 55.4 Å². The molecule has 108 valence electrons. The third-order valence-electron chi connectivity index (χ3n) is 4.36. The van der Waals surface area contributed by atoms with Gasteiger partial charge in [-0.05, 0) is 38.0 Å². The average molecular weight is 267 g/mol. The van der Waals surface area contributed by atoms with Crippen molar-refractivity contribution in [3.63, 3.8) is 0 Å². The zero-order chi connectivity index (χ0) is 13.9. The molecule has 0 aromatic heterocycles. The molecule has 1 saturated heterocycles. The number of carbonyl (C=O) groups is 2. The minimum Gasteiger partial charge on any atom is -0.458 e.